The second-order valence-electron chi connectivity index (χ2n) is 5.04. The largest absolute Gasteiger partial charge is 0.369 e. The van der Waals surface area contributed by atoms with Crippen LogP contribution in [-0.4, -0.2) is 41.0 Å². The van der Waals surface area contributed by atoms with Crippen molar-refractivity contribution >= 4 is 32.7 Å². The predicted octanol–water partition coefficient (Wildman–Crippen LogP) is 3.93. The van der Waals surface area contributed by atoms with Crippen molar-refractivity contribution < 1.29 is 0 Å². The molecule has 1 N–H and O–H groups in total. The zero-order valence-corrected chi connectivity index (χ0v) is 14.4. The first-order chi connectivity index (χ1) is 10.2. The van der Waals surface area contributed by atoms with Gasteiger partial charge in [-0.25, -0.2) is 9.97 Å². The molecule has 0 bridgehead atoms. The van der Waals surface area contributed by atoms with E-state index in [2.05, 4.69) is 56.0 Å². The molecule has 0 saturated carbocycles. The average molecular weight is 351 g/mol. The number of hydrogen-bond donors (Lipinski definition) is 1. The number of nitrogens with one attached hydrogen (secondary N) is 1. The maximum Gasteiger partial charge on any atom is 0.137 e. The second kappa shape index (κ2) is 8.29. The third-order valence-corrected chi connectivity index (χ3v) is 4.18. The first kappa shape index (κ1) is 16.2. The zero-order chi connectivity index (χ0) is 15.1. The van der Waals surface area contributed by atoms with Crippen molar-refractivity contribution in [2.45, 2.75) is 26.7 Å². The van der Waals surface area contributed by atoms with E-state index in [4.69, 9.17) is 0 Å². The molecule has 2 rings (SSSR count). The van der Waals surface area contributed by atoms with Gasteiger partial charge < -0.3 is 10.2 Å². The van der Waals surface area contributed by atoms with E-state index >= 15 is 0 Å². The molecular formula is C16H23BrN4. The van der Waals surface area contributed by atoms with Gasteiger partial charge in [-0.1, -0.05) is 29.8 Å². The number of benzene rings is 1. The highest BCUT2D eigenvalue weighted by atomic mass is 79.9. The van der Waals surface area contributed by atoms with Gasteiger partial charge in [0.2, 0.25) is 0 Å². The molecule has 0 spiro atoms. The Bertz CT molecular complexity index is 569. The van der Waals surface area contributed by atoms with Gasteiger partial charge in [0.05, 0.1) is 5.52 Å². The molecule has 0 radical (unpaired) electrons. The molecule has 4 nitrogen and oxygen atoms in total. The third kappa shape index (κ3) is 4.64. The second-order valence-corrected chi connectivity index (χ2v) is 5.96. The molecule has 0 fully saturated rings. The van der Waals surface area contributed by atoms with E-state index < -0.39 is 0 Å². The van der Waals surface area contributed by atoms with Gasteiger partial charge in [0.25, 0.3) is 0 Å². The van der Waals surface area contributed by atoms with Crippen LogP contribution in [0.25, 0.3) is 10.9 Å². The number of fused-ring (bicyclic) bond motifs is 1. The van der Waals surface area contributed by atoms with E-state index in [1.807, 2.05) is 12.1 Å². The van der Waals surface area contributed by atoms with Crippen LogP contribution in [0.3, 0.4) is 0 Å². The molecule has 0 saturated heterocycles. The average Bonchev–Trinajstić information content (AvgIpc) is 2.51. The summed E-state index contributed by atoms with van der Waals surface area (Å²) < 4.78 is 1.05. The van der Waals surface area contributed by atoms with Crippen molar-refractivity contribution in [3.8, 4) is 0 Å². The van der Waals surface area contributed by atoms with Gasteiger partial charge in [0, 0.05) is 16.4 Å². The van der Waals surface area contributed by atoms with Crippen LogP contribution in [0.5, 0.6) is 0 Å². The molecular weight excluding hydrogens is 328 g/mol. The van der Waals surface area contributed by atoms with Crippen LogP contribution >= 0.6 is 15.9 Å². The number of hydrogen-bond acceptors (Lipinski definition) is 4. The lowest BCUT2D eigenvalue weighted by molar-refractivity contribution is 0.298. The van der Waals surface area contributed by atoms with E-state index in [-0.39, 0.29) is 0 Å². The summed E-state index contributed by atoms with van der Waals surface area (Å²) in [5, 5.41) is 4.50. The van der Waals surface area contributed by atoms with Crippen LogP contribution in [0.15, 0.2) is 29.0 Å². The number of anilines is 1. The van der Waals surface area contributed by atoms with E-state index in [0.717, 1.165) is 47.2 Å². The Balaban J connectivity index is 1.87. The molecule has 0 atom stereocenters. The first-order valence-electron chi connectivity index (χ1n) is 7.61. The molecule has 0 aliphatic carbocycles. The number of rotatable bonds is 8. The molecule has 1 aromatic carbocycles. The molecule has 0 aliphatic rings. The summed E-state index contributed by atoms with van der Waals surface area (Å²) in [6, 6.07) is 6.07. The van der Waals surface area contributed by atoms with Gasteiger partial charge in [-0.3, -0.25) is 0 Å². The van der Waals surface area contributed by atoms with Gasteiger partial charge in [0.15, 0.2) is 0 Å². The van der Waals surface area contributed by atoms with Crippen molar-refractivity contribution in [2.24, 2.45) is 0 Å². The van der Waals surface area contributed by atoms with Crippen LogP contribution in [0.4, 0.5) is 5.82 Å². The van der Waals surface area contributed by atoms with Crippen molar-refractivity contribution in [1.82, 2.24) is 14.9 Å². The number of nitrogens with zero attached hydrogens (tertiary/aromatic N) is 3. The fraction of sp³-hybridized carbons (Fsp3) is 0.500. The Morgan fingerprint density at radius 1 is 1.14 bits per heavy atom. The van der Waals surface area contributed by atoms with Crippen LogP contribution in [-0.2, 0) is 0 Å². The highest BCUT2D eigenvalue weighted by Crippen LogP contribution is 2.23. The van der Waals surface area contributed by atoms with Crippen molar-refractivity contribution in [3.05, 3.63) is 29.0 Å². The summed E-state index contributed by atoms with van der Waals surface area (Å²) in [6.07, 6.45) is 3.98. The lowest BCUT2D eigenvalue weighted by Gasteiger charge is -2.17. The minimum atomic E-state index is 0.920. The van der Waals surface area contributed by atoms with E-state index in [1.165, 1.54) is 13.0 Å². The van der Waals surface area contributed by atoms with Crippen LogP contribution in [0, 0.1) is 0 Å². The summed E-state index contributed by atoms with van der Waals surface area (Å²) in [7, 11) is 0. The Morgan fingerprint density at radius 2 is 1.95 bits per heavy atom. The quantitative estimate of drug-likeness (QED) is 0.732. The Morgan fingerprint density at radius 3 is 2.71 bits per heavy atom. The standard InChI is InChI=1S/C16H23BrN4/c1-3-21(4-2)10-6-5-9-18-16-14-11-13(17)7-8-15(14)19-12-20-16/h7-8,11-12H,3-6,9-10H2,1-2H3,(H,18,19,20). The molecule has 1 aromatic heterocycles. The van der Waals surface area contributed by atoms with Crippen molar-refractivity contribution in [1.29, 1.82) is 0 Å². The van der Waals surface area contributed by atoms with E-state index in [0.29, 0.717) is 0 Å². The van der Waals surface area contributed by atoms with Crippen LogP contribution < -0.4 is 5.32 Å². The maximum absolute atomic E-state index is 4.36. The summed E-state index contributed by atoms with van der Waals surface area (Å²) in [5.41, 5.74) is 0.971. The lowest BCUT2D eigenvalue weighted by Crippen LogP contribution is -2.24. The Labute approximate surface area is 135 Å². The minimum Gasteiger partial charge on any atom is -0.369 e. The van der Waals surface area contributed by atoms with Gasteiger partial charge in [-0.05, 0) is 50.7 Å². The molecule has 5 heteroatoms. The topological polar surface area (TPSA) is 41.0 Å². The molecule has 1 heterocycles. The smallest absolute Gasteiger partial charge is 0.137 e. The highest BCUT2D eigenvalue weighted by Gasteiger charge is 2.04. The predicted molar refractivity (Wildman–Crippen MR) is 92.7 cm³/mol. The SMILES string of the molecule is CCN(CC)CCCCNc1ncnc2ccc(Br)cc12. The van der Waals surface area contributed by atoms with Crippen LogP contribution in [0.2, 0.25) is 0 Å². The first-order valence-corrected chi connectivity index (χ1v) is 8.40. The normalized spacial score (nSPS) is 11.2. The Hall–Kier alpha value is -1.20. The van der Waals surface area contributed by atoms with Gasteiger partial charge in [-0.15, -0.1) is 0 Å². The summed E-state index contributed by atoms with van der Waals surface area (Å²) in [4.78, 5) is 11.1. The van der Waals surface area contributed by atoms with Crippen molar-refractivity contribution in [2.75, 3.05) is 31.5 Å². The van der Waals surface area contributed by atoms with Gasteiger partial charge in [-0.2, -0.15) is 0 Å². The third-order valence-electron chi connectivity index (χ3n) is 3.69. The Kier molecular flexibility index (Phi) is 6.39. The lowest BCUT2D eigenvalue weighted by atomic mass is 10.2. The summed E-state index contributed by atoms with van der Waals surface area (Å²) in [6.45, 7) is 8.81. The molecule has 0 unspecified atom stereocenters. The minimum absolute atomic E-state index is 0.920. The van der Waals surface area contributed by atoms with E-state index in [1.54, 1.807) is 6.33 Å². The molecule has 2 aromatic rings. The zero-order valence-electron chi connectivity index (χ0n) is 12.8. The number of aromatic nitrogens is 2. The molecule has 114 valence electrons. The fourth-order valence-corrected chi connectivity index (χ4v) is 2.74. The summed E-state index contributed by atoms with van der Waals surface area (Å²) >= 11 is 3.50. The number of halogens is 1. The van der Waals surface area contributed by atoms with E-state index in [9.17, 15) is 0 Å². The molecule has 0 aliphatic heterocycles. The highest BCUT2D eigenvalue weighted by molar-refractivity contribution is 9.10. The summed E-state index contributed by atoms with van der Waals surface area (Å²) in [5.74, 6) is 0.920. The molecule has 21 heavy (non-hydrogen) atoms. The fourth-order valence-electron chi connectivity index (χ4n) is 2.38. The molecule has 0 amide bonds. The van der Waals surface area contributed by atoms with Crippen molar-refractivity contribution in [3.63, 3.8) is 0 Å². The maximum atomic E-state index is 4.36. The number of unbranched alkanes of at least 4 members (excludes halogenated alkanes) is 1. The van der Waals surface area contributed by atoms with Gasteiger partial charge >= 0.3 is 0 Å². The van der Waals surface area contributed by atoms with Crippen LogP contribution in [0.1, 0.15) is 26.7 Å². The van der Waals surface area contributed by atoms with Gasteiger partial charge in [0.1, 0.15) is 12.1 Å². The monoisotopic (exact) mass is 350 g/mol.